The quantitative estimate of drug-likeness (QED) is 0.808. The molecule has 2 N–H and O–H groups in total. The van der Waals surface area contributed by atoms with Gasteiger partial charge in [0.25, 0.3) is 5.91 Å². The molecule has 0 saturated carbocycles. The van der Waals surface area contributed by atoms with Gasteiger partial charge in [-0.1, -0.05) is 25.7 Å². The number of hydrogen-bond acceptors (Lipinski definition) is 3. The molecule has 0 aliphatic carbocycles. The van der Waals surface area contributed by atoms with Gasteiger partial charge in [0, 0.05) is 13.1 Å². The van der Waals surface area contributed by atoms with E-state index in [4.69, 9.17) is 5.73 Å². The van der Waals surface area contributed by atoms with Crippen molar-refractivity contribution in [2.75, 3.05) is 19.6 Å². The second-order valence-corrected chi connectivity index (χ2v) is 6.68. The SMILES string of the molecule is Cc1cc(C(=O)N2CCC(C)C(C)C2)sc1C#CCN. The number of amides is 1. The first-order valence-corrected chi connectivity index (χ1v) is 7.93. The summed E-state index contributed by atoms with van der Waals surface area (Å²) in [4.78, 5) is 16.3. The lowest BCUT2D eigenvalue weighted by Crippen LogP contribution is -2.41. The maximum absolute atomic E-state index is 12.6. The van der Waals surface area contributed by atoms with Crippen LogP contribution >= 0.6 is 11.3 Å². The van der Waals surface area contributed by atoms with Crippen molar-refractivity contribution in [1.29, 1.82) is 0 Å². The Morgan fingerprint density at radius 3 is 2.90 bits per heavy atom. The summed E-state index contributed by atoms with van der Waals surface area (Å²) < 4.78 is 0. The molecule has 0 spiro atoms. The van der Waals surface area contributed by atoms with Crippen LogP contribution in [-0.4, -0.2) is 30.4 Å². The summed E-state index contributed by atoms with van der Waals surface area (Å²) in [5.74, 6) is 7.32. The first-order valence-electron chi connectivity index (χ1n) is 7.11. The third-order valence-corrected chi connectivity index (χ3v) is 5.19. The van der Waals surface area contributed by atoms with Gasteiger partial charge in [-0.15, -0.1) is 11.3 Å². The van der Waals surface area contributed by atoms with E-state index >= 15 is 0 Å². The first kappa shape index (κ1) is 15.1. The zero-order valence-electron chi connectivity index (χ0n) is 12.4. The maximum atomic E-state index is 12.6. The van der Waals surface area contributed by atoms with Gasteiger partial charge in [-0.2, -0.15) is 0 Å². The van der Waals surface area contributed by atoms with Gasteiger partial charge in [-0.25, -0.2) is 0 Å². The van der Waals surface area contributed by atoms with Gasteiger partial charge >= 0.3 is 0 Å². The average molecular weight is 290 g/mol. The monoisotopic (exact) mass is 290 g/mol. The lowest BCUT2D eigenvalue weighted by Gasteiger charge is -2.35. The van der Waals surface area contributed by atoms with E-state index in [-0.39, 0.29) is 5.91 Å². The highest BCUT2D eigenvalue weighted by molar-refractivity contribution is 7.14. The Morgan fingerprint density at radius 1 is 1.50 bits per heavy atom. The second kappa shape index (κ2) is 6.43. The topological polar surface area (TPSA) is 46.3 Å². The predicted molar refractivity (Wildman–Crippen MR) is 83.8 cm³/mol. The molecule has 3 nitrogen and oxygen atoms in total. The van der Waals surface area contributed by atoms with Crippen molar-refractivity contribution in [3.63, 3.8) is 0 Å². The van der Waals surface area contributed by atoms with Crippen LogP contribution in [0.1, 0.15) is 40.4 Å². The van der Waals surface area contributed by atoms with Crippen LogP contribution in [0.4, 0.5) is 0 Å². The normalized spacial score (nSPS) is 22.3. The summed E-state index contributed by atoms with van der Waals surface area (Å²) in [6, 6.07) is 1.95. The standard InChI is InChI=1S/C16H22N2OS/c1-11-6-8-18(10-13(11)3)16(19)15-9-12(2)14(20-15)5-4-7-17/h9,11,13H,6-8,10,17H2,1-3H3. The largest absolute Gasteiger partial charge is 0.338 e. The molecule has 0 bridgehead atoms. The third-order valence-electron chi connectivity index (χ3n) is 4.05. The van der Waals surface area contributed by atoms with Gasteiger partial charge in [-0.3, -0.25) is 4.79 Å². The Bertz CT molecular complexity index is 553. The fourth-order valence-electron chi connectivity index (χ4n) is 2.45. The fourth-order valence-corrected chi connectivity index (χ4v) is 3.46. The molecule has 2 rings (SSSR count). The highest BCUT2D eigenvalue weighted by Gasteiger charge is 2.27. The molecule has 1 aliphatic rings. The van der Waals surface area contributed by atoms with Crippen molar-refractivity contribution in [2.45, 2.75) is 27.2 Å². The maximum Gasteiger partial charge on any atom is 0.263 e. The van der Waals surface area contributed by atoms with Crippen LogP contribution in [0.5, 0.6) is 0 Å². The van der Waals surface area contributed by atoms with Gasteiger partial charge < -0.3 is 10.6 Å². The van der Waals surface area contributed by atoms with Crippen LogP contribution in [0.3, 0.4) is 0 Å². The summed E-state index contributed by atoms with van der Waals surface area (Å²) in [5.41, 5.74) is 6.46. The number of rotatable bonds is 1. The van der Waals surface area contributed by atoms with Crippen LogP contribution in [0.2, 0.25) is 0 Å². The highest BCUT2D eigenvalue weighted by atomic mass is 32.1. The molecule has 1 amide bonds. The van der Waals surface area contributed by atoms with E-state index in [9.17, 15) is 4.79 Å². The van der Waals surface area contributed by atoms with Crippen LogP contribution in [-0.2, 0) is 0 Å². The summed E-state index contributed by atoms with van der Waals surface area (Å²) in [6.45, 7) is 8.56. The summed E-state index contributed by atoms with van der Waals surface area (Å²) in [7, 11) is 0. The number of carbonyl (C=O) groups is 1. The summed E-state index contributed by atoms with van der Waals surface area (Å²) in [6.07, 6.45) is 1.09. The van der Waals surface area contributed by atoms with E-state index in [0.717, 1.165) is 34.8 Å². The second-order valence-electron chi connectivity index (χ2n) is 5.62. The molecule has 1 saturated heterocycles. The number of nitrogens with two attached hydrogens (primary N) is 1. The average Bonchev–Trinajstić information content (AvgIpc) is 2.80. The minimum Gasteiger partial charge on any atom is -0.338 e. The molecule has 4 heteroatoms. The number of nitrogens with zero attached hydrogens (tertiary/aromatic N) is 1. The van der Waals surface area contributed by atoms with E-state index in [2.05, 4.69) is 25.7 Å². The molecule has 0 aromatic carbocycles. The van der Waals surface area contributed by atoms with Crippen molar-refractivity contribution in [3.8, 4) is 11.8 Å². The molecule has 0 radical (unpaired) electrons. The Hall–Kier alpha value is -1.31. The third kappa shape index (κ3) is 3.23. The van der Waals surface area contributed by atoms with Gasteiger partial charge in [0.2, 0.25) is 0 Å². The van der Waals surface area contributed by atoms with Crippen molar-refractivity contribution in [2.24, 2.45) is 17.6 Å². The number of aryl methyl sites for hydroxylation is 1. The van der Waals surface area contributed by atoms with Crippen molar-refractivity contribution >= 4 is 17.2 Å². The van der Waals surface area contributed by atoms with Crippen LogP contribution < -0.4 is 5.73 Å². The van der Waals surface area contributed by atoms with Crippen molar-refractivity contribution in [3.05, 3.63) is 21.4 Å². The van der Waals surface area contributed by atoms with E-state index in [1.807, 2.05) is 17.9 Å². The minimum absolute atomic E-state index is 0.151. The zero-order chi connectivity index (χ0) is 14.7. The van der Waals surface area contributed by atoms with E-state index < -0.39 is 0 Å². The predicted octanol–water partition coefficient (Wildman–Crippen LogP) is 2.48. The fraction of sp³-hybridized carbons (Fsp3) is 0.562. The molecule has 1 aromatic heterocycles. The van der Waals surface area contributed by atoms with Crippen molar-refractivity contribution < 1.29 is 4.79 Å². The van der Waals surface area contributed by atoms with Gasteiger partial charge in [0.1, 0.15) is 0 Å². The van der Waals surface area contributed by atoms with Gasteiger partial charge in [0.15, 0.2) is 0 Å². The van der Waals surface area contributed by atoms with E-state index in [1.54, 1.807) is 0 Å². The highest BCUT2D eigenvalue weighted by Crippen LogP contribution is 2.27. The Labute approximate surface area is 125 Å². The molecule has 2 atom stereocenters. The molecule has 108 valence electrons. The van der Waals surface area contributed by atoms with Crippen LogP contribution in [0, 0.1) is 30.6 Å². The van der Waals surface area contributed by atoms with Gasteiger partial charge in [0.05, 0.1) is 16.3 Å². The minimum atomic E-state index is 0.151. The smallest absolute Gasteiger partial charge is 0.263 e. The Morgan fingerprint density at radius 2 is 2.25 bits per heavy atom. The molecule has 1 fully saturated rings. The van der Waals surface area contributed by atoms with Crippen LogP contribution in [0.15, 0.2) is 6.07 Å². The molecule has 1 aromatic rings. The van der Waals surface area contributed by atoms with E-state index in [0.29, 0.717) is 18.4 Å². The number of carbonyl (C=O) groups excluding carboxylic acids is 1. The molecular formula is C16H22N2OS. The molecule has 2 heterocycles. The molecule has 2 unspecified atom stereocenters. The number of likely N-dealkylation sites (tertiary alicyclic amines) is 1. The molecule has 20 heavy (non-hydrogen) atoms. The lowest BCUT2D eigenvalue weighted by atomic mass is 9.88. The Balaban J connectivity index is 2.13. The molecule has 1 aliphatic heterocycles. The number of hydrogen-bond donors (Lipinski definition) is 1. The Kier molecular flexibility index (Phi) is 4.85. The van der Waals surface area contributed by atoms with Crippen molar-refractivity contribution in [1.82, 2.24) is 4.90 Å². The number of piperidine rings is 1. The van der Waals surface area contributed by atoms with Crippen LogP contribution in [0.25, 0.3) is 0 Å². The number of thiophene rings is 1. The molecular weight excluding hydrogens is 268 g/mol. The summed E-state index contributed by atoms with van der Waals surface area (Å²) >= 11 is 1.48. The zero-order valence-corrected chi connectivity index (χ0v) is 13.2. The first-order chi connectivity index (χ1) is 9.52. The summed E-state index contributed by atoms with van der Waals surface area (Å²) in [5, 5.41) is 0. The van der Waals surface area contributed by atoms with Gasteiger partial charge in [-0.05, 0) is 36.8 Å². The van der Waals surface area contributed by atoms with E-state index in [1.165, 1.54) is 11.3 Å². The lowest BCUT2D eigenvalue weighted by molar-refractivity contribution is 0.0632.